The van der Waals surface area contributed by atoms with Crippen LogP contribution in [0.5, 0.6) is 5.75 Å². The quantitative estimate of drug-likeness (QED) is 0.663. The molecule has 0 aliphatic carbocycles. The highest BCUT2D eigenvalue weighted by Gasteiger charge is 2.28. The number of hydrogen-bond acceptors (Lipinski definition) is 6. The highest BCUT2D eigenvalue weighted by Crippen LogP contribution is 2.18. The first kappa shape index (κ1) is 22.9. The highest BCUT2D eigenvalue weighted by atomic mass is 32.2. The SMILES string of the molecule is COC(=O)N1CCC(NC(=O)C(CCSC)NC(=O)c2ccccc2OC)CC1. The molecular formula is C20H29N3O5S. The van der Waals surface area contributed by atoms with Gasteiger partial charge in [-0.25, -0.2) is 4.79 Å². The lowest BCUT2D eigenvalue weighted by Crippen LogP contribution is -2.52. The van der Waals surface area contributed by atoms with Gasteiger partial charge in [0.2, 0.25) is 5.91 Å². The van der Waals surface area contributed by atoms with E-state index < -0.39 is 6.04 Å². The minimum atomic E-state index is -0.640. The van der Waals surface area contributed by atoms with Crippen molar-refractivity contribution in [2.24, 2.45) is 0 Å². The van der Waals surface area contributed by atoms with Crippen molar-refractivity contribution in [3.8, 4) is 5.75 Å². The molecule has 1 heterocycles. The molecule has 29 heavy (non-hydrogen) atoms. The van der Waals surface area contributed by atoms with Crippen molar-refractivity contribution in [1.82, 2.24) is 15.5 Å². The van der Waals surface area contributed by atoms with Gasteiger partial charge in [0.15, 0.2) is 0 Å². The molecule has 9 heteroatoms. The molecule has 0 saturated carbocycles. The normalized spacial score (nSPS) is 15.3. The van der Waals surface area contributed by atoms with Gasteiger partial charge >= 0.3 is 6.09 Å². The van der Waals surface area contributed by atoms with Crippen LogP contribution < -0.4 is 15.4 Å². The predicted molar refractivity (Wildman–Crippen MR) is 112 cm³/mol. The minimum absolute atomic E-state index is 0.0386. The van der Waals surface area contributed by atoms with E-state index in [-0.39, 0.29) is 23.9 Å². The molecule has 8 nitrogen and oxygen atoms in total. The first-order valence-electron chi connectivity index (χ1n) is 9.56. The van der Waals surface area contributed by atoms with Crippen molar-refractivity contribution in [2.75, 3.05) is 39.3 Å². The summed E-state index contributed by atoms with van der Waals surface area (Å²) in [5.41, 5.74) is 0.392. The highest BCUT2D eigenvalue weighted by molar-refractivity contribution is 7.98. The average Bonchev–Trinajstić information content (AvgIpc) is 2.76. The number of thioether (sulfide) groups is 1. The first-order valence-corrected chi connectivity index (χ1v) is 11.0. The summed E-state index contributed by atoms with van der Waals surface area (Å²) in [7, 11) is 2.86. The summed E-state index contributed by atoms with van der Waals surface area (Å²) >= 11 is 1.62. The van der Waals surface area contributed by atoms with Gasteiger partial charge in [-0.05, 0) is 43.4 Å². The summed E-state index contributed by atoms with van der Waals surface area (Å²) in [6.07, 6.45) is 3.43. The van der Waals surface area contributed by atoms with Gasteiger partial charge in [-0.3, -0.25) is 9.59 Å². The zero-order chi connectivity index (χ0) is 21.2. The third kappa shape index (κ3) is 6.56. The number of carbonyl (C=O) groups is 3. The average molecular weight is 424 g/mol. The summed E-state index contributed by atoms with van der Waals surface area (Å²) in [6, 6.07) is 6.24. The van der Waals surface area contributed by atoms with Gasteiger partial charge in [0.1, 0.15) is 11.8 Å². The second-order valence-electron chi connectivity index (χ2n) is 6.75. The number of likely N-dealkylation sites (tertiary alicyclic amines) is 1. The van der Waals surface area contributed by atoms with Crippen molar-refractivity contribution in [3.63, 3.8) is 0 Å². The smallest absolute Gasteiger partial charge is 0.409 e. The van der Waals surface area contributed by atoms with Crippen molar-refractivity contribution in [2.45, 2.75) is 31.3 Å². The van der Waals surface area contributed by atoms with Crippen LogP contribution in [-0.2, 0) is 9.53 Å². The maximum absolute atomic E-state index is 12.8. The van der Waals surface area contributed by atoms with E-state index in [1.54, 1.807) is 40.9 Å². The number of carbonyl (C=O) groups excluding carboxylic acids is 3. The van der Waals surface area contributed by atoms with Crippen molar-refractivity contribution in [1.29, 1.82) is 0 Å². The molecule has 3 amide bonds. The molecule has 1 unspecified atom stereocenters. The van der Waals surface area contributed by atoms with Crippen molar-refractivity contribution in [3.05, 3.63) is 29.8 Å². The lowest BCUT2D eigenvalue weighted by atomic mass is 10.0. The second kappa shape index (κ2) is 11.5. The molecule has 1 fully saturated rings. The summed E-state index contributed by atoms with van der Waals surface area (Å²) in [5, 5.41) is 5.86. The van der Waals surface area contributed by atoms with Crippen LogP contribution in [0.1, 0.15) is 29.6 Å². The number of piperidine rings is 1. The number of nitrogens with one attached hydrogen (secondary N) is 2. The molecule has 0 spiro atoms. The molecule has 0 aromatic heterocycles. The Hall–Kier alpha value is -2.42. The molecule has 1 atom stereocenters. The van der Waals surface area contributed by atoms with Crippen molar-refractivity contribution < 1.29 is 23.9 Å². The summed E-state index contributed by atoms with van der Waals surface area (Å²) in [4.78, 5) is 38.8. The molecule has 1 saturated heterocycles. The zero-order valence-electron chi connectivity index (χ0n) is 17.1. The van der Waals surface area contributed by atoms with E-state index in [0.29, 0.717) is 43.7 Å². The third-order valence-corrected chi connectivity index (χ3v) is 5.50. The topological polar surface area (TPSA) is 97.0 Å². The van der Waals surface area contributed by atoms with E-state index in [1.807, 2.05) is 6.26 Å². The first-order chi connectivity index (χ1) is 14.0. The fraction of sp³-hybridized carbons (Fsp3) is 0.550. The van der Waals surface area contributed by atoms with E-state index in [9.17, 15) is 14.4 Å². The standard InChI is InChI=1S/C20H29N3O5S/c1-27-17-7-5-4-6-15(17)18(24)22-16(10-13-29-3)19(25)21-14-8-11-23(12-9-14)20(26)28-2/h4-7,14,16H,8-13H2,1-3H3,(H,21,25)(H,22,24). The molecule has 1 aromatic carbocycles. The Bertz CT molecular complexity index is 707. The van der Waals surface area contributed by atoms with E-state index in [4.69, 9.17) is 9.47 Å². The number of nitrogens with zero attached hydrogens (tertiary/aromatic N) is 1. The summed E-state index contributed by atoms with van der Waals surface area (Å²) in [6.45, 7) is 1.06. The number of amides is 3. The van der Waals surface area contributed by atoms with Crippen LogP contribution in [-0.4, -0.2) is 74.2 Å². The van der Waals surface area contributed by atoms with E-state index in [0.717, 1.165) is 5.75 Å². The van der Waals surface area contributed by atoms with E-state index in [2.05, 4.69) is 10.6 Å². The molecule has 1 aliphatic heterocycles. The van der Waals surface area contributed by atoms with Crippen LogP contribution in [0, 0.1) is 0 Å². The predicted octanol–water partition coefficient (Wildman–Crippen LogP) is 1.89. The monoisotopic (exact) mass is 423 g/mol. The van der Waals surface area contributed by atoms with Crippen LogP contribution in [0.4, 0.5) is 4.79 Å². The Kier molecular flexibility index (Phi) is 9.11. The Morgan fingerprint density at radius 2 is 1.90 bits per heavy atom. The molecule has 160 valence electrons. The molecular weight excluding hydrogens is 394 g/mol. The van der Waals surface area contributed by atoms with Gasteiger partial charge < -0.3 is 25.0 Å². The van der Waals surface area contributed by atoms with Crippen LogP contribution in [0.15, 0.2) is 24.3 Å². The van der Waals surface area contributed by atoms with Gasteiger partial charge in [0.25, 0.3) is 5.91 Å². The van der Waals surface area contributed by atoms with Crippen LogP contribution in [0.2, 0.25) is 0 Å². The van der Waals surface area contributed by atoms with E-state index in [1.165, 1.54) is 14.2 Å². The number of methoxy groups -OCH3 is 2. The molecule has 2 rings (SSSR count). The van der Waals surface area contributed by atoms with Gasteiger partial charge in [-0.15, -0.1) is 0 Å². The second-order valence-corrected chi connectivity index (χ2v) is 7.73. The Labute approximate surface area is 175 Å². The third-order valence-electron chi connectivity index (χ3n) is 4.86. The number of benzene rings is 1. The minimum Gasteiger partial charge on any atom is -0.496 e. The molecule has 0 bridgehead atoms. The van der Waals surface area contributed by atoms with Gasteiger partial charge in [0.05, 0.1) is 19.8 Å². The summed E-state index contributed by atoms with van der Waals surface area (Å²) in [5.74, 6) is 0.651. The molecule has 1 aromatic rings. The fourth-order valence-electron chi connectivity index (χ4n) is 3.21. The molecule has 1 aliphatic rings. The summed E-state index contributed by atoms with van der Waals surface area (Å²) < 4.78 is 9.97. The zero-order valence-corrected chi connectivity index (χ0v) is 17.9. The Balaban J connectivity index is 1.97. The Morgan fingerprint density at radius 1 is 1.21 bits per heavy atom. The van der Waals surface area contributed by atoms with Crippen LogP contribution in [0.3, 0.4) is 0 Å². The van der Waals surface area contributed by atoms with Gasteiger partial charge in [-0.2, -0.15) is 11.8 Å². The van der Waals surface area contributed by atoms with Crippen LogP contribution >= 0.6 is 11.8 Å². The Morgan fingerprint density at radius 3 is 2.52 bits per heavy atom. The number of ether oxygens (including phenoxy) is 2. The number of para-hydroxylation sites is 1. The lowest BCUT2D eigenvalue weighted by Gasteiger charge is -2.32. The van der Waals surface area contributed by atoms with Gasteiger partial charge in [-0.1, -0.05) is 12.1 Å². The largest absolute Gasteiger partial charge is 0.496 e. The van der Waals surface area contributed by atoms with Gasteiger partial charge in [0, 0.05) is 19.1 Å². The maximum Gasteiger partial charge on any atom is 0.409 e. The van der Waals surface area contributed by atoms with E-state index >= 15 is 0 Å². The number of hydrogen-bond donors (Lipinski definition) is 2. The molecule has 2 N–H and O–H groups in total. The lowest BCUT2D eigenvalue weighted by molar-refractivity contribution is -0.124. The fourth-order valence-corrected chi connectivity index (χ4v) is 3.68. The molecule has 0 radical (unpaired) electrons. The maximum atomic E-state index is 12.8. The van der Waals surface area contributed by atoms with Crippen LogP contribution in [0.25, 0.3) is 0 Å². The number of rotatable bonds is 8. The van der Waals surface area contributed by atoms with Crippen molar-refractivity contribution >= 4 is 29.7 Å².